The molecule has 0 atom stereocenters. The van der Waals surface area contributed by atoms with E-state index < -0.39 is 0 Å². The number of rotatable bonds is 9. The molecule has 0 aliphatic carbocycles. The minimum atomic E-state index is 1.08. The van der Waals surface area contributed by atoms with Crippen LogP contribution < -0.4 is 4.90 Å². The van der Waals surface area contributed by atoms with Crippen molar-refractivity contribution in [2.75, 3.05) is 4.90 Å². The largest absolute Gasteiger partial charge is 0.310 e. The molecule has 0 heterocycles. The maximum Gasteiger partial charge on any atom is 0.0540 e. The van der Waals surface area contributed by atoms with Crippen LogP contribution in [0.5, 0.6) is 0 Å². The molecule has 0 aliphatic heterocycles. The average Bonchev–Trinajstić information content (AvgIpc) is 3.33. The van der Waals surface area contributed by atoms with Crippen LogP contribution in [-0.4, -0.2) is 0 Å². The molecule has 59 heavy (non-hydrogen) atoms. The van der Waals surface area contributed by atoms with E-state index in [9.17, 15) is 0 Å². The van der Waals surface area contributed by atoms with Crippen LogP contribution in [0, 0.1) is 0 Å². The van der Waals surface area contributed by atoms with Crippen LogP contribution in [0.1, 0.15) is 0 Å². The summed E-state index contributed by atoms with van der Waals surface area (Å²) >= 11 is 0. The molecule has 0 spiro atoms. The van der Waals surface area contributed by atoms with Crippen molar-refractivity contribution < 1.29 is 0 Å². The van der Waals surface area contributed by atoms with Crippen molar-refractivity contribution >= 4 is 27.8 Å². The van der Waals surface area contributed by atoms with Crippen LogP contribution in [0.3, 0.4) is 0 Å². The summed E-state index contributed by atoms with van der Waals surface area (Å²) in [7, 11) is 0. The summed E-state index contributed by atoms with van der Waals surface area (Å²) in [4.78, 5) is 2.41. The Morgan fingerprint density at radius 2 is 0.661 bits per heavy atom. The van der Waals surface area contributed by atoms with Gasteiger partial charge in [-0.1, -0.05) is 206 Å². The number of fused-ring (bicyclic) bond motifs is 1. The Labute approximate surface area is 346 Å². The third-order valence-corrected chi connectivity index (χ3v) is 11.3. The Kier molecular flexibility index (Phi) is 9.68. The van der Waals surface area contributed by atoms with Gasteiger partial charge < -0.3 is 4.90 Å². The maximum atomic E-state index is 2.41. The molecule has 0 radical (unpaired) electrons. The average molecular weight is 752 g/mol. The second kappa shape index (κ2) is 16.0. The molecule has 0 N–H and O–H groups in total. The zero-order valence-corrected chi connectivity index (χ0v) is 32.6. The number of anilines is 3. The van der Waals surface area contributed by atoms with Gasteiger partial charge in [0.25, 0.3) is 0 Å². The van der Waals surface area contributed by atoms with Gasteiger partial charge in [-0.25, -0.2) is 0 Å². The normalized spacial score (nSPS) is 11.1. The molecule has 0 amide bonds. The third kappa shape index (κ3) is 7.23. The first-order valence-electron chi connectivity index (χ1n) is 20.3. The number of hydrogen-bond acceptors (Lipinski definition) is 1. The van der Waals surface area contributed by atoms with E-state index in [4.69, 9.17) is 0 Å². The summed E-state index contributed by atoms with van der Waals surface area (Å²) in [6.07, 6.45) is 0. The highest BCUT2D eigenvalue weighted by atomic mass is 15.1. The lowest BCUT2D eigenvalue weighted by Crippen LogP contribution is -2.11. The quantitative estimate of drug-likeness (QED) is 0.142. The van der Waals surface area contributed by atoms with Gasteiger partial charge in [-0.2, -0.15) is 0 Å². The van der Waals surface area contributed by atoms with E-state index in [0.29, 0.717) is 0 Å². The molecule has 0 unspecified atom stereocenters. The lowest BCUT2D eigenvalue weighted by atomic mass is 9.89. The van der Waals surface area contributed by atoms with Crippen molar-refractivity contribution in [1.82, 2.24) is 0 Å². The van der Waals surface area contributed by atoms with Crippen LogP contribution in [0.4, 0.5) is 17.1 Å². The fraction of sp³-hybridized carbons (Fsp3) is 0. The molecule has 1 heteroatoms. The van der Waals surface area contributed by atoms with E-state index in [0.717, 1.165) is 22.6 Å². The Bertz CT molecular complexity index is 2990. The Balaban J connectivity index is 1.12. The molecule has 0 saturated carbocycles. The fourth-order valence-corrected chi connectivity index (χ4v) is 8.35. The minimum Gasteiger partial charge on any atom is -0.310 e. The van der Waals surface area contributed by atoms with E-state index >= 15 is 0 Å². The summed E-state index contributed by atoms with van der Waals surface area (Å²) in [6.45, 7) is 0. The van der Waals surface area contributed by atoms with Gasteiger partial charge in [0.2, 0.25) is 0 Å². The lowest BCUT2D eigenvalue weighted by Gasteiger charge is -2.29. The van der Waals surface area contributed by atoms with Crippen molar-refractivity contribution in [3.8, 4) is 66.8 Å². The molecule has 0 fully saturated rings. The number of benzene rings is 10. The first-order valence-corrected chi connectivity index (χ1v) is 20.3. The molecule has 1 nitrogen and oxygen atoms in total. The second-order valence-electron chi connectivity index (χ2n) is 14.9. The van der Waals surface area contributed by atoms with Gasteiger partial charge in [-0.15, -0.1) is 0 Å². The van der Waals surface area contributed by atoms with E-state index in [2.05, 4.69) is 254 Å². The van der Waals surface area contributed by atoms with Crippen LogP contribution in [0.2, 0.25) is 0 Å². The van der Waals surface area contributed by atoms with Crippen molar-refractivity contribution in [3.05, 3.63) is 249 Å². The summed E-state index contributed by atoms with van der Waals surface area (Å²) in [5.41, 5.74) is 17.6. The van der Waals surface area contributed by atoms with Crippen LogP contribution in [0.15, 0.2) is 249 Å². The van der Waals surface area contributed by atoms with Crippen molar-refractivity contribution in [3.63, 3.8) is 0 Å². The summed E-state index contributed by atoms with van der Waals surface area (Å²) < 4.78 is 0. The topological polar surface area (TPSA) is 3.24 Å². The van der Waals surface area contributed by atoms with Crippen molar-refractivity contribution in [2.24, 2.45) is 0 Å². The standard InChI is InChI=1S/C58H41N/c1-5-16-42(17-6-1)49-25-15-26-50(40-49)44-28-34-52(35-29-44)59(57-39-33-51(43-18-7-2-8-19-43)41-56(57)46-22-11-4-12-23-46)53-36-30-48(31-37-53)58-54-27-14-13-24-47(54)32-38-55(58)45-20-9-3-10-21-45/h1-41H. The van der Waals surface area contributed by atoms with Gasteiger partial charge in [0.05, 0.1) is 5.69 Å². The Morgan fingerprint density at radius 3 is 1.24 bits per heavy atom. The molecule has 0 aliphatic rings. The van der Waals surface area contributed by atoms with E-state index in [1.54, 1.807) is 0 Å². The molecule has 0 saturated heterocycles. The molecule has 10 aromatic carbocycles. The monoisotopic (exact) mass is 751 g/mol. The maximum absolute atomic E-state index is 2.41. The van der Waals surface area contributed by atoms with Gasteiger partial charge in [-0.05, 0) is 114 Å². The summed E-state index contributed by atoms with van der Waals surface area (Å²) in [5, 5.41) is 2.47. The van der Waals surface area contributed by atoms with E-state index in [1.165, 1.54) is 72.0 Å². The molecule has 278 valence electrons. The molecule has 10 rings (SSSR count). The number of nitrogens with zero attached hydrogens (tertiary/aromatic N) is 1. The minimum absolute atomic E-state index is 1.08. The summed E-state index contributed by atoms with van der Waals surface area (Å²) in [5.74, 6) is 0. The highest BCUT2D eigenvalue weighted by Gasteiger charge is 2.20. The zero-order chi connectivity index (χ0) is 39.4. The summed E-state index contributed by atoms with van der Waals surface area (Å²) in [6, 6.07) is 89.8. The van der Waals surface area contributed by atoms with Crippen molar-refractivity contribution in [1.29, 1.82) is 0 Å². The van der Waals surface area contributed by atoms with E-state index in [1.807, 2.05) is 0 Å². The molecule has 0 bridgehead atoms. The van der Waals surface area contributed by atoms with Crippen molar-refractivity contribution in [2.45, 2.75) is 0 Å². The SMILES string of the molecule is c1ccc(-c2cccc(-c3ccc(N(c4ccc(-c5c(-c6ccccc6)ccc6ccccc56)cc4)c4ccc(-c5ccccc5)cc4-c4ccccc4)cc3)c2)cc1. The number of hydrogen-bond donors (Lipinski definition) is 0. The van der Waals surface area contributed by atoms with Gasteiger partial charge in [0, 0.05) is 16.9 Å². The van der Waals surface area contributed by atoms with Gasteiger partial charge in [0.15, 0.2) is 0 Å². The van der Waals surface area contributed by atoms with E-state index in [-0.39, 0.29) is 0 Å². The Morgan fingerprint density at radius 1 is 0.237 bits per heavy atom. The van der Waals surface area contributed by atoms with Crippen LogP contribution >= 0.6 is 0 Å². The lowest BCUT2D eigenvalue weighted by molar-refractivity contribution is 1.28. The molecule has 10 aromatic rings. The van der Waals surface area contributed by atoms with Gasteiger partial charge in [-0.3, -0.25) is 0 Å². The zero-order valence-electron chi connectivity index (χ0n) is 32.6. The first-order chi connectivity index (χ1) is 29.3. The Hall–Kier alpha value is -7.74. The smallest absolute Gasteiger partial charge is 0.0540 e. The molecular formula is C58H41N. The highest BCUT2D eigenvalue weighted by molar-refractivity contribution is 6.04. The van der Waals surface area contributed by atoms with Gasteiger partial charge in [0.1, 0.15) is 0 Å². The van der Waals surface area contributed by atoms with Crippen LogP contribution in [0.25, 0.3) is 77.5 Å². The third-order valence-electron chi connectivity index (χ3n) is 11.3. The first kappa shape index (κ1) is 35.7. The highest BCUT2D eigenvalue weighted by Crippen LogP contribution is 2.45. The van der Waals surface area contributed by atoms with Crippen LogP contribution in [-0.2, 0) is 0 Å². The van der Waals surface area contributed by atoms with Gasteiger partial charge >= 0.3 is 0 Å². The molecule has 0 aromatic heterocycles. The second-order valence-corrected chi connectivity index (χ2v) is 14.9. The predicted octanol–water partition coefficient (Wildman–Crippen LogP) is 16.3. The molecular weight excluding hydrogens is 711 g/mol. The predicted molar refractivity (Wildman–Crippen MR) is 251 cm³/mol. The fourth-order valence-electron chi connectivity index (χ4n) is 8.35.